The van der Waals surface area contributed by atoms with Gasteiger partial charge in [-0.2, -0.15) is 0 Å². The van der Waals surface area contributed by atoms with Gasteiger partial charge in [0.2, 0.25) is 11.8 Å². The molecule has 4 nitrogen and oxygen atoms in total. The van der Waals surface area contributed by atoms with Crippen LogP contribution in [0.2, 0.25) is 0 Å². The molecule has 0 spiro atoms. The Morgan fingerprint density at radius 2 is 1.17 bits per heavy atom. The fourth-order valence-corrected chi connectivity index (χ4v) is 7.71. The van der Waals surface area contributed by atoms with Crippen LogP contribution in [-0.4, -0.2) is 17.6 Å². The van der Waals surface area contributed by atoms with E-state index in [1.807, 2.05) is 86.6 Å². The van der Waals surface area contributed by atoms with Crippen molar-refractivity contribution in [3.63, 3.8) is 0 Å². The molecule has 6 rings (SSSR count). The van der Waals surface area contributed by atoms with Crippen molar-refractivity contribution < 1.29 is 14.4 Å². The van der Waals surface area contributed by atoms with Crippen LogP contribution in [0.25, 0.3) is 11.1 Å². The first-order valence-corrected chi connectivity index (χ1v) is 13.3. The average Bonchev–Trinajstić information content (AvgIpc) is 3.40. The van der Waals surface area contributed by atoms with Crippen LogP contribution in [0.4, 0.5) is 5.69 Å². The molecule has 36 heavy (non-hydrogen) atoms. The van der Waals surface area contributed by atoms with Crippen molar-refractivity contribution in [1.82, 2.24) is 0 Å². The number of rotatable bonds is 5. The number of Topliss-reactive ketones (excluding diaryl/α,β-unsaturated/α-hetero) is 1. The van der Waals surface area contributed by atoms with E-state index in [4.69, 9.17) is 0 Å². The molecule has 4 atom stereocenters. The van der Waals surface area contributed by atoms with Crippen molar-refractivity contribution in [3.8, 4) is 0 Å². The number of allylic oxidation sites excluding steroid dienone is 2. The highest BCUT2D eigenvalue weighted by Gasteiger charge is 2.80. The molecule has 5 heteroatoms. The third kappa shape index (κ3) is 2.67. The minimum atomic E-state index is -1.05. The van der Waals surface area contributed by atoms with Gasteiger partial charge in [-0.25, -0.2) is 4.90 Å². The fourth-order valence-electron chi connectivity index (χ4n) is 7.32. The summed E-state index contributed by atoms with van der Waals surface area (Å²) in [6.45, 7) is 3.97. The Morgan fingerprint density at radius 3 is 1.58 bits per heavy atom. The van der Waals surface area contributed by atoms with Gasteiger partial charge in [0.05, 0.1) is 28.4 Å². The van der Waals surface area contributed by atoms with Crippen LogP contribution in [0.1, 0.15) is 37.8 Å². The number of hydrogen-bond donors (Lipinski definition) is 0. The van der Waals surface area contributed by atoms with Crippen molar-refractivity contribution in [2.45, 2.75) is 26.7 Å². The predicted octanol–water partition coefficient (Wildman–Crippen LogP) is 6.55. The highest BCUT2D eigenvalue weighted by atomic mass is 79.9. The van der Waals surface area contributed by atoms with Crippen LogP contribution in [0, 0.1) is 22.7 Å². The number of carbonyl (C=O) groups excluding carboxylic acids is 3. The molecule has 1 heterocycles. The Morgan fingerprint density at radius 1 is 0.694 bits per heavy atom. The Hall–Kier alpha value is -3.31. The van der Waals surface area contributed by atoms with Crippen LogP contribution < -0.4 is 4.90 Å². The van der Waals surface area contributed by atoms with Crippen LogP contribution in [-0.2, 0) is 14.4 Å². The summed E-state index contributed by atoms with van der Waals surface area (Å²) in [6, 6.07) is 27.1. The predicted molar refractivity (Wildman–Crippen MR) is 144 cm³/mol. The lowest BCUT2D eigenvalue weighted by Gasteiger charge is -2.38. The van der Waals surface area contributed by atoms with Gasteiger partial charge in [0.15, 0.2) is 5.78 Å². The third-order valence-corrected chi connectivity index (χ3v) is 9.12. The maximum Gasteiger partial charge on any atom is 0.239 e. The summed E-state index contributed by atoms with van der Waals surface area (Å²) in [7, 11) is 0. The van der Waals surface area contributed by atoms with E-state index in [2.05, 4.69) is 15.9 Å². The van der Waals surface area contributed by atoms with Gasteiger partial charge in [0.25, 0.3) is 0 Å². The zero-order valence-corrected chi connectivity index (χ0v) is 21.8. The van der Waals surface area contributed by atoms with Crippen LogP contribution >= 0.6 is 15.9 Å². The molecule has 3 aliphatic rings. The van der Waals surface area contributed by atoms with E-state index >= 15 is 0 Å². The van der Waals surface area contributed by atoms with Gasteiger partial charge < -0.3 is 0 Å². The van der Waals surface area contributed by atoms with Crippen molar-refractivity contribution in [2.75, 3.05) is 4.90 Å². The van der Waals surface area contributed by atoms with Gasteiger partial charge in [0.1, 0.15) is 0 Å². The maximum atomic E-state index is 14.7. The topological polar surface area (TPSA) is 54.5 Å². The Kier molecular flexibility index (Phi) is 5.20. The normalized spacial score (nSPS) is 28.9. The number of carbonyl (C=O) groups is 3. The minimum absolute atomic E-state index is 0.0308. The molecule has 0 unspecified atom stereocenters. The zero-order valence-electron chi connectivity index (χ0n) is 20.2. The number of nitrogens with zero attached hydrogens (tertiary/aromatic N) is 1. The number of fused-ring (bicyclic) bond motifs is 5. The first-order chi connectivity index (χ1) is 17.4. The summed E-state index contributed by atoms with van der Waals surface area (Å²) in [5.74, 6) is -1.94. The number of hydrogen-bond acceptors (Lipinski definition) is 3. The maximum absolute atomic E-state index is 14.7. The van der Waals surface area contributed by atoms with Crippen LogP contribution in [0.3, 0.4) is 0 Å². The Balaban J connectivity index is 1.68. The van der Waals surface area contributed by atoms with E-state index in [0.717, 1.165) is 26.7 Å². The summed E-state index contributed by atoms with van der Waals surface area (Å²) < 4.78 is 0.792. The molecular formula is C31H26BrNO3. The largest absolute Gasteiger partial charge is 0.298 e. The van der Waals surface area contributed by atoms with E-state index in [0.29, 0.717) is 18.5 Å². The number of amides is 2. The number of halogens is 1. The van der Waals surface area contributed by atoms with E-state index in [1.54, 1.807) is 12.1 Å². The summed E-state index contributed by atoms with van der Waals surface area (Å²) in [6.07, 6.45) is 0.918. The van der Waals surface area contributed by atoms with Gasteiger partial charge in [-0.05, 0) is 53.3 Å². The van der Waals surface area contributed by atoms with Crippen molar-refractivity contribution >= 4 is 50.4 Å². The molecule has 1 saturated heterocycles. The van der Waals surface area contributed by atoms with Crippen molar-refractivity contribution in [1.29, 1.82) is 0 Å². The van der Waals surface area contributed by atoms with Gasteiger partial charge in [-0.15, -0.1) is 0 Å². The molecule has 2 aliphatic carbocycles. The highest BCUT2D eigenvalue weighted by Crippen LogP contribution is 2.75. The molecule has 2 fully saturated rings. The molecule has 0 aromatic heterocycles. The molecule has 180 valence electrons. The van der Waals surface area contributed by atoms with Gasteiger partial charge in [-0.1, -0.05) is 96.5 Å². The molecule has 0 radical (unpaired) electrons. The van der Waals surface area contributed by atoms with Crippen LogP contribution in [0.15, 0.2) is 89.4 Å². The number of anilines is 1. The van der Waals surface area contributed by atoms with E-state index < -0.39 is 22.7 Å². The molecule has 2 amide bonds. The molecule has 1 saturated carbocycles. The first kappa shape index (κ1) is 23.1. The first-order valence-electron chi connectivity index (χ1n) is 12.5. The average molecular weight is 540 g/mol. The van der Waals surface area contributed by atoms with Crippen molar-refractivity contribution in [2.24, 2.45) is 22.7 Å². The Labute approximate surface area is 219 Å². The summed E-state index contributed by atoms with van der Waals surface area (Å²) in [5, 5.41) is 0. The molecule has 3 aromatic rings. The molecule has 0 N–H and O–H groups in total. The van der Waals surface area contributed by atoms with E-state index in [9.17, 15) is 14.4 Å². The second-order valence-electron chi connectivity index (χ2n) is 9.91. The van der Waals surface area contributed by atoms with Crippen molar-refractivity contribution in [3.05, 3.63) is 101 Å². The zero-order chi connectivity index (χ0) is 25.2. The van der Waals surface area contributed by atoms with Gasteiger partial charge in [-0.3, -0.25) is 14.4 Å². The highest BCUT2D eigenvalue weighted by molar-refractivity contribution is 9.10. The van der Waals surface area contributed by atoms with Crippen LogP contribution in [0.5, 0.6) is 0 Å². The minimum Gasteiger partial charge on any atom is -0.298 e. The lowest BCUT2D eigenvalue weighted by Crippen LogP contribution is -2.41. The summed E-state index contributed by atoms with van der Waals surface area (Å²) in [4.78, 5) is 44.4. The second-order valence-corrected chi connectivity index (χ2v) is 10.8. The Bertz CT molecular complexity index is 1360. The quantitative estimate of drug-likeness (QED) is 0.345. The fraction of sp³-hybridized carbons (Fsp3) is 0.258. The second kappa shape index (κ2) is 8.10. The third-order valence-electron chi connectivity index (χ3n) is 8.63. The number of ketones is 1. The summed E-state index contributed by atoms with van der Waals surface area (Å²) in [5.41, 5.74) is 2.16. The molecular weight excluding hydrogens is 514 g/mol. The lowest BCUT2D eigenvalue weighted by atomic mass is 9.60. The SMILES string of the molecule is CC[C@]12C(=O)[C@@](CC)(C(c3ccccc3)=C1c1ccccc1)[C@@H]1C(=O)N(c3cccc(Br)c3)C(=O)[C@H]12. The number of imide groups is 1. The smallest absolute Gasteiger partial charge is 0.239 e. The van der Waals surface area contributed by atoms with Gasteiger partial charge in [0, 0.05) is 4.47 Å². The van der Waals surface area contributed by atoms with Gasteiger partial charge >= 0.3 is 0 Å². The molecule has 3 aromatic carbocycles. The summed E-state index contributed by atoms with van der Waals surface area (Å²) >= 11 is 3.47. The standard InChI is InChI=1S/C31H26BrNO3/c1-3-30-23(19-12-7-5-8-13-19)24(20-14-9-6-10-15-20)31(4-2,29(30)36)26-25(30)27(34)33(28(26)35)22-17-11-16-21(32)18-22/h5-18,25-26H,3-4H2,1-2H3/t25-,26-,30-,31-/m0/s1. The number of benzene rings is 3. The lowest BCUT2D eigenvalue weighted by molar-refractivity contribution is -0.134. The molecule has 2 bridgehead atoms. The van der Waals surface area contributed by atoms with E-state index in [1.165, 1.54) is 4.90 Å². The van der Waals surface area contributed by atoms with E-state index in [-0.39, 0.29) is 17.6 Å². The monoisotopic (exact) mass is 539 g/mol. The molecule has 1 aliphatic heterocycles.